The Kier molecular flexibility index (Phi) is 6.28. The Labute approximate surface area is 206 Å². The van der Waals surface area contributed by atoms with Crippen molar-refractivity contribution in [3.05, 3.63) is 52.1 Å². The van der Waals surface area contributed by atoms with Crippen LogP contribution in [0.15, 0.2) is 28.9 Å². The number of nitrogens with one attached hydrogen (secondary N) is 4. The number of anilines is 5. The van der Waals surface area contributed by atoms with Gasteiger partial charge in [0.2, 0.25) is 5.88 Å². The van der Waals surface area contributed by atoms with E-state index < -0.39 is 17.9 Å². The van der Waals surface area contributed by atoms with E-state index in [1.54, 1.807) is 19.3 Å². The average Bonchev–Trinajstić information content (AvgIpc) is 3.25. The number of carbonyl (C=O) groups is 2. The van der Waals surface area contributed by atoms with Crippen molar-refractivity contribution in [2.24, 2.45) is 0 Å². The quantitative estimate of drug-likeness (QED) is 0.363. The molecule has 4 rings (SSSR count). The molecule has 0 spiro atoms. The Morgan fingerprint density at radius 1 is 1.26 bits per heavy atom. The predicted molar refractivity (Wildman–Crippen MR) is 133 cm³/mol. The van der Waals surface area contributed by atoms with Crippen molar-refractivity contribution in [1.29, 1.82) is 0 Å². The van der Waals surface area contributed by atoms with E-state index in [0.29, 0.717) is 17.2 Å². The average molecular weight is 502 g/mol. The smallest absolute Gasteiger partial charge is 0.326 e. The second-order valence-corrected chi connectivity index (χ2v) is 9.49. The van der Waals surface area contributed by atoms with E-state index in [4.69, 9.17) is 16.1 Å². The lowest BCUT2D eigenvalue weighted by Gasteiger charge is -2.31. The number of rotatable bonds is 4. The Bertz CT molecular complexity index is 1320. The maximum absolute atomic E-state index is 14.6. The minimum Gasteiger partial charge on any atom is -0.373 e. The van der Waals surface area contributed by atoms with Gasteiger partial charge in [-0.15, -0.1) is 0 Å². The van der Waals surface area contributed by atoms with E-state index in [-0.39, 0.29) is 34.2 Å². The molecule has 10 nitrogen and oxygen atoms in total. The number of aromatic nitrogens is 2. The Morgan fingerprint density at radius 2 is 2.00 bits per heavy atom. The summed E-state index contributed by atoms with van der Waals surface area (Å²) in [4.78, 5) is 31.1. The van der Waals surface area contributed by atoms with Crippen molar-refractivity contribution >= 4 is 52.4 Å². The van der Waals surface area contributed by atoms with E-state index in [2.05, 4.69) is 31.4 Å². The molecule has 1 aromatic carbocycles. The second-order valence-electron chi connectivity index (χ2n) is 9.09. The molecular weight excluding hydrogens is 477 g/mol. The van der Waals surface area contributed by atoms with Crippen LogP contribution in [0.4, 0.5) is 42.7 Å². The number of fused-ring (bicyclic) bond motifs is 1. The maximum atomic E-state index is 14.6. The molecule has 3 heterocycles. The molecule has 4 amide bonds. The molecule has 1 aliphatic rings. The number of urea groups is 2. The summed E-state index contributed by atoms with van der Waals surface area (Å²) in [6.45, 7) is 7.85. The minimum absolute atomic E-state index is 0.00800. The van der Waals surface area contributed by atoms with Crippen LogP contribution < -0.4 is 26.2 Å². The van der Waals surface area contributed by atoms with Crippen LogP contribution in [0.1, 0.15) is 37.6 Å². The lowest BCUT2D eigenvalue weighted by Crippen LogP contribution is -2.39. The Balaban J connectivity index is 1.56. The minimum atomic E-state index is -0.768. The zero-order valence-electron chi connectivity index (χ0n) is 19.8. The highest BCUT2D eigenvalue weighted by Gasteiger charge is 2.29. The van der Waals surface area contributed by atoms with Crippen LogP contribution >= 0.6 is 11.6 Å². The summed E-state index contributed by atoms with van der Waals surface area (Å²) in [6.07, 6.45) is 1.65. The molecule has 12 heteroatoms. The summed E-state index contributed by atoms with van der Waals surface area (Å²) in [5.41, 5.74) is 2.64. The van der Waals surface area contributed by atoms with Crippen molar-refractivity contribution in [2.75, 3.05) is 33.2 Å². The third-order valence-corrected chi connectivity index (χ3v) is 5.84. The van der Waals surface area contributed by atoms with Crippen molar-refractivity contribution in [2.45, 2.75) is 39.7 Å². The number of halogens is 2. The summed E-state index contributed by atoms with van der Waals surface area (Å²) in [5.74, 6) is -0.00937. The van der Waals surface area contributed by atoms with Gasteiger partial charge in [0.25, 0.3) is 0 Å². The maximum Gasteiger partial charge on any atom is 0.326 e. The van der Waals surface area contributed by atoms with E-state index in [0.717, 1.165) is 17.2 Å². The standard InChI is InChI=1S/C23H25ClFN7O3/c1-11-19-12(9-27-20(11)26-5)10-32(22(34)30-19)16-7-15(14(25)6-13(16)24)28-21(33)29-18-8-17(31-35-18)23(2,3)4/h6-9H,10H2,1-5H3,(H,26,27)(H,30,34)(H2,28,29,33). The van der Waals surface area contributed by atoms with Crippen molar-refractivity contribution in [1.82, 2.24) is 10.1 Å². The van der Waals surface area contributed by atoms with Gasteiger partial charge in [-0.2, -0.15) is 0 Å². The molecular formula is C23H25ClFN7O3. The fourth-order valence-corrected chi connectivity index (χ4v) is 3.87. The number of benzene rings is 1. The zero-order chi connectivity index (χ0) is 25.5. The van der Waals surface area contributed by atoms with Crippen LogP contribution in [0.5, 0.6) is 0 Å². The number of pyridine rings is 1. The van der Waals surface area contributed by atoms with Gasteiger partial charge < -0.3 is 20.5 Å². The van der Waals surface area contributed by atoms with Gasteiger partial charge in [-0.1, -0.05) is 37.5 Å². The van der Waals surface area contributed by atoms with Crippen LogP contribution in [0.25, 0.3) is 0 Å². The molecule has 0 fully saturated rings. The molecule has 3 aromatic rings. The molecule has 0 atom stereocenters. The van der Waals surface area contributed by atoms with Gasteiger partial charge >= 0.3 is 12.1 Å². The van der Waals surface area contributed by atoms with Gasteiger partial charge in [0.05, 0.1) is 34.3 Å². The number of nitrogens with zero attached hydrogens (tertiary/aromatic N) is 3. The summed E-state index contributed by atoms with van der Waals surface area (Å²) in [5, 5.41) is 14.6. The first-order chi connectivity index (χ1) is 16.5. The SMILES string of the molecule is CNc1ncc2c(c1C)NC(=O)N(c1cc(NC(=O)Nc3cc(C(C)(C)C)no3)c(F)cc1Cl)C2. The molecule has 0 unspecified atom stereocenters. The van der Waals surface area contributed by atoms with Crippen LogP contribution in [-0.4, -0.2) is 29.3 Å². The molecule has 2 aromatic heterocycles. The summed E-state index contributed by atoms with van der Waals surface area (Å²) >= 11 is 6.28. The van der Waals surface area contributed by atoms with Crippen molar-refractivity contribution in [3.63, 3.8) is 0 Å². The van der Waals surface area contributed by atoms with Gasteiger partial charge in [-0.05, 0) is 19.1 Å². The molecule has 0 bridgehead atoms. The summed E-state index contributed by atoms with van der Waals surface area (Å²) < 4.78 is 19.8. The molecule has 0 radical (unpaired) electrons. The topological polar surface area (TPSA) is 124 Å². The molecule has 4 N–H and O–H groups in total. The molecule has 0 saturated heterocycles. The lowest BCUT2D eigenvalue weighted by atomic mass is 9.92. The number of carbonyl (C=O) groups excluding carboxylic acids is 2. The third-order valence-electron chi connectivity index (χ3n) is 5.53. The van der Waals surface area contributed by atoms with Crippen molar-refractivity contribution < 1.29 is 18.5 Å². The number of amides is 4. The third kappa shape index (κ3) is 4.85. The van der Waals surface area contributed by atoms with Gasteiger partial charge in [0.1, 0.15) is 11.6 Å². The fourth-order valence-electron chi connectivity index (χ4n) is 3.61. The zero-order valence-corrected chi connectivity index (χ0v) is 20.6. The highest BCUT2D eigenvalue weighted by Crippen LogP contribution is 2.37. The van der Waals surface area contributed by atoms with Crippen LogP contribution in [0.3, 0.4) is 0 Å². The summed E-state index contributed by atoms with van der Waals surface area (Å²) in [6, 6.07) is 2.73. The second kappa shape index (κ2) is 9.06. The molecule has 184 valence electrons. The summed E-state index contributed by atoms with van der Waals surface area (Å²) in [7, 11) is 1.74. The lowest BCUT2D eigenvalue weighted by molar-refractivity contribution is 0.256. The monoisotopic (exact) mass is 501 g/mol. The van der Waals surface area contributed by atoms with Gasteiger partial charge in [-0.25, -0.2) is 19.0 Å². The predicted octanol–water partition coefficient (Wildman–Crippen LogP) is 5.71. The molecule has 0 aliphatic carbocycles. The van der Waals surface area contributed by atoms with E-state index in [1.165, 1.54) is 11.0 Å². The highest BCUT2D eigenvalue weighted by atomic mass is 35.5. The molecule has 0 saturated carbocycles. The van der Waals surface area contributed by atoms with Crippen molar-refractivity contribution in [3.8, 4) is 0 Å². The first kappa shape index (κ1) is 24.3. The Hall–Kier alpha value is -3.86. The van der Waals surface area contributed by atoms with Gasteiger partial charge in [0, 0.05) is 35.9 Å². The Morgan fingerprint density at radius 3 is 2.66 bits per heavy atom. The van der Waals surface area contributed by atoms with Crippen LogP contribution in [0.2, 0.25) is 5.02 Å². The van der Waals surface area contributed by atoms with E-state index in [9.17, 15) is 14.0 Å². The highest BCUT2D eigenvalue weighted by molar-refractivity contribution is 6.34. The van der Waals surface area contributed by atoms with Gasteiger partial charge in [-0.3, -0.25) is 10.2 Å². The van der Waals surface area contributed by atoms with Gasteiger partial charge in [0.15, 0.2) is 0 Å². The van der Waals surface area contributed by atoms with Crippen LogP contribution in [0, 0.1) is 12.7 Å². The first-order valence-corrected chi connectivity index (χ1v) is 11.1. The molecule has 35 heavy (non-hydrogen) atoms. The normalized spacial score (nSPS) is 13.2. The molecule has 1 aliphatic heterocycles. The largest absolute Gasteiger partial charge is 0.373 e. The van der Waals surface area contributed by atoms with E-state index in [1.807, 2.05) is 27.7 Å². The first-order valence-electron chi connectivity index (χ1n) is 10.8. The van der Waals surface area contributed by atoms with E-state index >= 15 is 0 Å². The fraction of sp³-hybridized carbons (Fsp3) is 0.304. The van der Waals surface area contributed by atoms with Crippen LogP contribution in [-0.2, 0) is 12.0 Å². The number of hydrogen-bond donors (Lipinski definition) is 4. The number of hydrogen-bond acceptors (Lipinski definition) is 6.